The van der Waals surface area contributed by atoms with Crippen LogP contribution in [0.15, 0.2) is 30.3 Å². The van der Waals surface area contributed by atoms with Gasteiger partial charge in [-0.15, -0.1) is 0 Å². The molecule has 0 spiro atoms. The van der Waals surface area contributed by atoms with Gasteiger partial charge in [0.05, 0.1) is 11.7 Å². The van der Waals surface area contributed by atoms with E-state index in [4.69, 9.17) is 9.47 Å². The van der Waals surface area contributed by atoms with Gasteiger partial charge in [0.1, 0.15) is 6.61 Å². The molecule has 25 heavy (non-hydrogen) atoms. The lowest BCUT2D eigenvalue weighted by Gasteiger charge is -2.26. The second-order valence-electron chi connectivity index (χ2n) is 7.06. The summed E-state index contributed by atoms with van der Waals surface area (Å²) in [6, 6.07) is 10.3. The van der Waals surface area contributed by atoms with Crippen molar-refractivity contribution in [2.75, 3.05) is 19.7 Å². The Balaban J connectivity index is 1.65. The first-order valence-electron chi connectivity index (χ1n) is 9.31. The van der Waals surface area contributed by atoms with E-state index in [-0.39, 0.29) is 5.97 Å². The second kappa shape index (κ2) is 7.14. The van der Waals surface area contributed by atoms with Gasteiger partial charge in [0, 0.05) is 25.1 Å². The molecule has 0 amide bonds. The molecule has 1 fully saturated rings. The van der Waals surface area contributed by atoms with Crippen molar-refractivity contribution in [1.29, 1.82) is 0 Å². The molecule has 2 aromatic rings. The second-order valence-corrected chi connectivity index (χ2v) is 7.06. The number of cyclic esters (lactones) is 1. The summed E-state index contributed by atoms with van der Waals surface area (Å²) in [5.41, 5.74) is 3.08. The summed E-state index contributed by atoms with van der Waals surface area (Å²) in [5, 5.41) is 2.25. The highest BCUT2D eigenvalue weighted by Crippen LogP contribution is 2.31. The minimum atomic E-state index is -0.208. The van der Waals surface area contributed by atoms with Crippen molar-refractivity contribution < 1.29 is 14.3 Å². The molecule has 0 aromatic heterocycles. The molecule has 1 atom stereocenters. The van der Waals surface area contributed by atoms with E-state index in [0.717, 1.165) is 50.0 Å². The molecule has 0 saturated carbocycles. The third-order valence-electron chi connectivity index (χ3n) is 5.22. The largest absolute Gasteiger partial charge is 0.457 e. The molecular weight excluding hydrogens is 314 g/mol. The highest BCUT2D eigenvalue weighted by molar-refractivity contribution is 6.08. The van der Waals surface area contributed by atoms with Crippen LogP contribution in [0.25, 0.3) is 10.8 Å². The molecule has 2 aliphatic rings. The zero-order valence-corrected chi connectivity index (χ0v) is 14.8. The number of esters is 1. The fraction of sp³-hybridized carbons (Fsp3) is 0.476. The Labute approximate surface area is 148 Å². The Kier molecular flexibility index (Phi) is 4.73. The van der Waals surface area contributed by atoms with E-state index in [2.05, 4.69) is 30.0 Å². The van der Waals surface area contributed by atoms with Crippen LogP contribution in [0, 0.1) is 0 Å². The zero-order valence-electron chi connectivity index (χ0n) is 14.8. The first kappa shape index (κ1) is 16.6. The molecule has 0 unspecified atom stereocenters. The van der Waals surface area contributed by atoms with Crippen LogP contribution in [-0.2, 0) is 22.6 Å². The SMILES string of the molecule is CCCN(Cc1ccc2c3c(cccc13)C(=O)OC2)C[C@H]1CCCO1. The van der Waals surface area contributed by atoms with Crippen LogP contribution >= 0.6 is 0 Å². The van der Waals surface area contributed by atoms with Crippen molar-refractivity contribution in [1.82, 2.24) is 4.90 Å². The number of benzene rings is 2. The van der Waals surface area contributed by atoms with Crippen LogP contribution < -0.4 is 0 Å². The Morgan fingerprint density at radius 1 is 1.24 bits per heavy atom. The lowest BCUT2D eigenvalue weighted by atomic mass is 9.94. The highest BCUT2D eigenvalue weighted by Gasteiger charge is 2.23. The monoisotopic (exact) mass is 339 g/mol. The van der Waals surface area contributed by atoms with Gasteiger partial charge in [0.2, 0.25) is 0 Å². The molecule has 4 rings (SSSR count). The van der Waals surface area contributed by atoms with Crippen LogP contribution in [0.1, 0.15) is 47.7 Å². The van der Waals surface area contributed by atoms with Gasteiger partial charge < -0.3 is 9.47 Å². The van der Waals surface area contributed by atoms with Gasteiger partial charge in [0.25, 0.3) is 0 Å². The topological polar surface area (TPSA) is 38.8 Å². The molecule has 1 saturated heterocycles. The van der Waals surface area contributed by atoms with E-state index >= 15 is 0 Å². The number of carbonyl (C=O) groups excluding carboxylic acids is 1. The van der Waals surface area contributed by atoms with Crippen molar-refractivity contribution in [3.8, 4) is 0 Å². The molecule has 2 heterocycles. The maximum atomic E-state index is 12.1. The molecule has 0 aliphatic carbocycles. The number of rotatable bonds is 6. The molecule has 4 nitrogen and oxygen atoms in total. The van der Waals surface area contributed by atoms with Crippen molar-refractivity contribution >= 4 is 16.7 Å². The summed E-state index contributed by atoms with van der Waals surface area (Å²) < 4.78 is 11.1. The number of nitrogens with zero attached hydrogens (tertiary/aromatic N) is 1. The predicted molar refractivity (Wildman–Crippen MR) is 97.6 cm³/mol. The van der Waals surface area contributed by atoms with Gasteiger partial charge in [-0.2, -0.15) is 0 Å². The third kappa shape index (κ3) is 3.29. The maximum absolute atomic E-state index is 12.1. The van der Waals surface area contributed by atoms with Crippen molar-refractivity contribution in [2.45, 2.75) is 45.4 Å². The summed E-state index contributed by atoms with van der Waals surface area (Å²) in [7, 11) is 0. The smallest absolute Gasteiger partial charge is 0.339 e. The quantitative estimate of drug-likeness (QED) is 0.748. The maximum Gasteiger partial charge on any atom is 0.339 e. The molecule has 2 aliphatic heterocycles. The Bertz CT molecular complexity index is 780. The van der Waals surface area contributed by atoms with Crippen LogP contribution in [0.3, 0.4) is 0 Å². The van der Waals surface area contributed by atoms with Crippen molar-refractivity contribution in [2.24, 2.45) is 0 Å². The first-order valence-corrected chi connectivity index (χ1v) is 9.31. The minimum absolute atomic E-state index is 0.208. The Morgan fingerprint density at radius 3 is 2.96 bits per heavy atom. The number of carbonyl (C=O) groups is 1. The van der Waals surface area contributed by atoms with Crippen LogP contribution in [0.5, 0.6) is 0 Å². The van der Waals surface area contributed by atoms with Gasteiger partial charge >= 0.3 is 5.97 Å². The molecule has 4 heteroatoms. The zero-order chi connectivity index (χ0) is 17.2. The Hall–Kier alpha value is -1.91. The summed E-state index contributed by atoms with van der Waals surface area (Å²) in [6.45, 7) is 6.43. The Morgan fingerprint density at radius 2 is 2.16 bits per heavy atom. The van der Waals surface area contributed by atoms with E-state index in [1.54, 1.807) is 0 Å². The van der Waals surface area contributed by atoms with Gasteiger partial charge in [-0.1, -0.05) is 31.2 Å². The van der Waals surface area contributed by atoms with Gasteiger partial charge in [-0.3, -0.25) is 4.90 Å². The summed E-state index contributed by atoms with van der Waals surface area (Å²) >= 11 is 0. The van der Waals surface area contributed by atoms with Crippen molar-refractivity contribution in [3.63, 3.8) is 0 Å². The van der Waals surface area contributed by atoms with Gasteiger partial charge in [0.15, 0.2) is 0 Å². The molecule has 132 valence electrons. The molecule has 0 N–H and O–H groups in total. The van der Waals surface area contributed by atoms with E-state index < -0.39 is 0 Å². The standard InChI is InChI=1S/C21H25NO3/c1-2-10-22(13-17-5-4-11-24-17)12-15-8-9-16-14-25-21(23)19-7-3-6-18(15)20(16)19/h3,6-9,17H,2,4-5,10-14H2,1H3/t17-/m1/s1. The molecule has 2 aromatic carbocycles. The van der Waals surface area contributed by atoms with Crippen LogP contribution in [0.2, 0.25) is 0 Å². The fourth-order valence-electron chi connectivity index (χ4n) is 4.06. The van der Waals surface area contributed by atoms with E-state index in [1.807, 2.05) is 12.1 Å². The first-order chi connectivity index (χ1) is 12.3. The van der Waals surface area contributed by atoms with E-state index in [1.165, 1.54) is 17.4 Å². The number of hydrogen-bond acceptors (Lipinski definition) is 4. The number of hydrogen-bond donors (Lipinski definition) is 0. The fourth-order valence-corrected chi connectivity index (χ4v) is 4.06. The van der Waals surface area contributed by atoms with Crippen molar-refractivity contribution in [3.05, 3.63) is 47.0 Å². The third-order valence-corrected chi connectivity index (χ3v) is 5.22. The lowest BCUT2D eigenvalue weighted by Crippen LogP contribution is -2.32. The summed E-state index contributed by atoms with van der Waals surface area (Å²) in [4.78, 5) is 14.6. The lowest BCUT2D eigenvalue weighted by molar-refractivity contribution is 0.0463. The highest BCUT2D eigenvalue weighted by atomic mass is 16.5. The molecule has 0 radical (unpaired) electrons. The average molecular weight is 339 g/mol. The molecular formula is C21H25NO3. The van der Waals surface area contributed by atoms with Gasteiger partial charge in [-0.25, -0.2) is 4.79 Å². The summed E-state index contributed by atoms with van der Waals surface area (Å²) in [6.07, 6.45) is 3.82. The number of ether oxygens (including phenoxy) is 2. The van der Waals surface area contributed by atoms with E-state index in [9.17, 15) is 4.79 Å². The normalized spacial score (nSPS) is 19.6. The van der Waals surface area contributed by atoms with Crippen LogP contribution in [-0.4, -0.2) is 36.7 Å². The average Bonchev–Trinajstić information content (AvgIpc) is 3.13. The van der Waals surface area contributed by atoms with E-state index in [0.29, 0.717) is 18.3 Å². The van der Waals surface area contributed by atoms with Gasteiger partial charge in [-0.05, 0) is 48.4 Å². The minimum Gasteiger partial charge on any atom is -0.457 e. The molecule has 0 bridgehead atoms. The predicted octanol–water partition coefficient (Wildman–Crippen LogP) is 3.90. The van der Waals surface area contributed by atoms with Crippen LogP contribution in [0.4, 0.5) is 0 Å². The summed E-state index contributed by atoms with van der Waals surface area (Å²) in [5.74, 6) is -0.208.